The largest absolute Gasteiger partial charge is 0.337 e. The average molecular weight is 341 g/mol. The van der Waals surface area contributed by atoms with Gasteiger partial charge >= 0.3 is 0 Å². The summed E-state index contributed by atoms with van der Waals surface area (Å²) in [6.07, 6.45) is 4.53. The number of thiazole rings is 1. The number of carbonyl (C=O) groups excluding carboxylic acids is 1. The van der Waals surface area contributed by atoms with Gasteiger partial charge < -0.3 is 4.90 Å². The first-order valence-corrected chi connectivity index (χ1v) is 9.24. The maximum Gasteiger partial charge on any atom is 0.246 e. The van der Waals surface area contributed by atoms with Crippen molar-refractivity contribution in [2.45, 2.75) is 13.3 Å². The Bertz CT molecular complexity index is 688. The van der Waals surface area contributed by atoms with Gasteiger partial charge in [-0.15, -0.1) is 11.3 Å². The van der Waals surface area contributed by atoms with Crippen molar-refractivity contribution in [2.24, 2.45) is 0 Å². The fourth-order valence-electron chi connectivity index (χ4n) is 2.84. The standard InChI is InChI=1S/C19H23N3OS/c1-16-20-18(15-24-16)7-8-19(23)22-13-11-21(12-14-22)10-9-17-5-3-2-4-6-17/h2-8,15H,9-14H2,1H3. The number of hydrogen-bond donors (Lipinski definition) is 0. The molecule has 1 aromatic carbocycles. The second-order valence-corrected chi connectivity index (χ2v) is 7.09. The fraction of sp³-hybridized carbons (Fsp3) is 0.368. The molecule has 1 fully saturated rings. The minimum Gasteiger partial charge on any atom is -0.337 e. The number of benzene rings is 1. The van der Waals surface area contributed by atoms with Gasteiger partial charge in [0.2, 0.25) is 5.91 Å². The number of hydrogen-bond acceptors (Lipinski definition) is 4. The normalized spacial score (nSPS) is 16.0. The Labute approximate surface area is 147 Å². The summed E-state index contributed by atoms with van der Waals surface area (Å²) in [6.45, 7) is 6.52. The van der Waals surface area contributed by atoms with E-state index in [0.29, 0.717) is 0 Å². The molecule has 0 N–H and O–H groups in total. The minimum absolute atomic E-state index is 0.0864. The van der Waals surface area contributed by atoms with Crippen LogP contribution in [0.3, 0.4) is 0 Å². The first-order valence-electron chi connectivity index (χ1n) is 8.36. The van der Waals surface area contributed by atoms with Gasteiger partial charge in [0.1, 0.15) is 0 Å². The van der Waals surface area contributed by atoms with Crippen LogP contribution >= 0.6 is 11.3 Å². The molecule has 0 spiro atoms. The van der Waals surface area contributed by atoms with Crippen LogP contribution in [0.4, 0.5) is 0 Å². The molecule has 126 valence electrons. The molecule has 0 aliphatic carbocycles. The van der Waals surface area contributed by atoms with Crippen LogP contribution in [-0.4, -0.2) is 53.4 Å². The van der Waals surface area contributed by atoms with Crippen LogP contribution < -0.4 is 0 Å². The van der Waals surface area contributed by atoms with E-state index in [9.17, 15) is 4.79 Å². The number of amides is 1. The highest BCUT2D eigenvalue weighted by atomic mass is 32.1. The molecule has 1 saturated heterocycles. The number of aryl methyl sites for hydroxylation is 1. The van der Waals surface area contributed by atoms with Crippen LogP contribution in [0.1, 0.15) is 16.3 Å². The van der Waals surface area contributed by atoms with Crippen LogP contribution in [-0.2, 0) is 11.2 Å². The average Bonchev–Trinajstić information content (AvgIpc) is 3.04. The van der Waals surface area contributed by atoms with E-state index in [0.717, 1.165) is 49.8 Å². The molecule has 1 aromatic heterocycles. The number of aromatic nitrogens is 1. The Morgan fingerprint density at radius 3 is 2.62 bits per heavy atom. The Kier molecular flexibility index (Phi) is 5.77. The summed E-state index contributed by atoms with van der Waals surface area (Å²) in [4.78, 5) is 21.0. The molecule has 0 unspecified atom stereocenters. The number of piperazine rings is 1. The molecule has 24 heavy (non-hydrogen) atoms. The third-order valence-electron chi connectivity index (χ3n) is 4.28. The molecular weight excluding hydrogens is 318 g/mol. The zero-order valence-electron chi connectivity index (χ0n) is 14.0. The first kappa shape index (κ1) is 16.9. The van der Waals surface area contributed by atoms with Crippen molar-refractivity contribution in [3.8, 4) is 0 Å². The van der Waals surface area contributed by atoms with Gasteiger partial charge in [-0.25, -0.2) is 4.98 Å². The van der Waals surface area contributed by atoms with Gasteiger partial charge in [0.05, 0.1) is 10.7 Å². The molecule has 1 aliphatic rings. The topological polar surface area (TPSA) is 36.4 Å². The SMILES string of the molecule is Cc1nc(C=CC(=O)N2CCN(CCc3ccccc3)CC2)cs1. The second kappa shape index (κ2) is 8.22. The Balaban J connectivity index is 1.43. The summed E-state index contributed by atoms with van der Waals surface area (Å²) in [5, 5.41) is 3.00. The lowest BCUT2D eigenvalue weighted by molar-refractivity contribution is -0.127. The second-order valence-electron chi connectivity index (χ2n) is 6.03. The predicted molar refractivity (Wildman–Crippen MR) is 99.1 cm³/mol. The molecule has 1 amide bonds. The predicted octanol–water partition coefficient (Wildman–Crippen LogP) is 2.85. The molecule has 0 bridgehead atoms. The van der Waals surface area contributed by atoms with Crippen LogP contribution in [0.25, 0.3) is 6.08 Å². The van der Waals surface area contributed by atoms with Gasteiger partial charge in [-0.2, -0.15) is 0 Å². The quantitative estimate of drug-likeness (QED) is 0.785. The lowest BCUT2D eigenvalue weighted by atomic mass is 10.1. The van der Waals surface area contributed by atoms with Gasteiger partial charge in [-0.05, 0) is 25.0 Å². The van der Waals surface area contributed by atoms with Crippen LogP contribution in [0.2, 0.25) is 0 Å². The zero-order chi connectivity index (χ0) is 16.8. The third-order valence-corrected chi connectivity index (χ3v) is 5.07. The molecule has 2 heterocycles. The van der Waals surface area contributed by atoms with E-state index in [2.05, 4.69) is 34.1 Å². The lowest BCUT2D eigenvalue weighted by Crippen LogP contribution is -2.48. The summed E-state index contributed by atoms with van der Waals surface area (Å²) < 4.78 is 0. The van der Waals surface area contributed by atoms with Crippen molar-refractivity contribution in [1.29, 1.82) is 0 Å². The summed E-state index contributed by atoms with van der Waals surface area (Å²) in [6, 6.07) is 10.6. The number of nitrogens with zero attached hydrogens (tertiary/aromatic N) is 3. The highest BCUT2D eigenvalue weighted by Crippen LogP contribution is 2.10. The summed E-state index contributed by atoms with van der Waals surface area (Å²) in [5.74, 6) is 0.0864. The summed E-state index contributed by atoms with van der Waals surface area (Å²) in [5.41, 5.74) is 2.24. The van der Waals surface area contributed by atoms with Crippen LogP contribution in [0.5, 0.6) is 0 Å². The number of rotatable bonds is 5. The third kappa shape index (κ3) is 4.76. The van der Waals surface area contributed by atoms with Gasteiger partial charge in [0.25, 0.3) is 0 Å². The molecule has 0 saturated carbocycles. The minimum atomic E-state index is 0.0864. The summed E-state index contributed by atoms with van der Waals surface area (Å²) >= 11 is 1.60. The van der Waals surface area contributed by atoms with Crippen LogP contribution in [0.15, 0.2) is 41.8 Å². The van der Waals surface area contributed by atoms with Gasteiger partial charge in [0, 0.05) is 44.2 Å². The van der Waals surface area contributed by atoms with Crippen LogP contribution in [0, 0.1) is 6.92 Å². The molecule has 3 rings (SSSR count). The van der Waals surface area contributed by atoms with Crippen molar-refractivity contribution in [2.75, 3.05) is 32.7 Å². The molecule has 2 aromatic rings. The van der Waals surface area contributed by atoms with E-state index < -0.39 is 0 Å². The van der Waals surface area contributed by atoms with Crippen molar-refractivity contribution < 1.29 is 4.79 Å². The zero-order valence-corrected chi connectivity index (χ0v) is 14.8. The van der Waals surface area contributed by atoms with Gasteiger partial charge in [0.15, 0.2) is 0 Å². The van der Waals surface area contributed by atoms with Crippen molar-refractivity contribution >= 4 is 23.3 Å². The van der Waals surface area contributed by atoms with E-state index in [1.54, 1.807) is 17.4 Å². The molecule has 5 heteroatoms. The lowest BCUT2D eigenvalue weighted by Gasteiger charge is -2.34. The van der Waals surface area contributed by atoms with E-state index in [1.807, 2.05) is 29.3 Å². The molecule has 1 aliphatic heterocycles. The van der Waals surface area contributed by atoms with Gasteiger partial charge in [-0.3, -0.25) is 9.69 Å². The smallest absolute Gasteiger partial charge is 0.246 e. The van der Waals surface area contributed by atoms with E-state index >= 15 is 0 Å². The van der Waals surface area contributed by atoms with E-state index in [4.69, 9.17) is 0 Å². The van der Waals surface area contributed by atoms with Crippen molar-refractivity contribution in [1.82, 2.24) is 14.8 Å². The number of carbonyl (C=O) groups is 1. The van der Waals surface area contributed by atoms with Crippen molar-refractivity contribution in [3.63, 3.8) is 0 Å². The van der Waals surface area contributed by atoms with Gasteiger partial charge in [-0.1, -0.05) is 30.3 Å². The molecular formula is C19H23N3OS. The first-order chi connectivity index (χ1) is 11.7. The maximum absolute atomic E-state index is 12.3. The fourth-order valence-corrected chi connectivity index (χ4v) is 3.42. The Morgan fingerprint density at radius 2 is 1.96 bits per heavy atom. The maximum atomic E-state index is 12.3. The highest BCUT2D eigenvalue weighted by molar-refractivity contribution is 7.09. The van der Waals surface area contributed by atoms with Crippen molar-refractivity contribution in [3.05, 3.63) is 58.1 Å². The van der Waals surface area contributed by atoms with E-state index in [-0.39, 0.29) is 5.91 Å². The molecule has 0 atom stereocenters. The highest BCUT2D eigenvalue weighted by Gasteiger charge is 2.19. The summed E-state index contributed by atoms with van der Waals surface area (Å²) in [7, 11) is 0. The monoisotopic (exact) mass is 341 g/mol. The molecule has 4 nitrogen and oxygen atoms in total. The molecule has 0 radical (unpaired) electrons. The Morgan fingerprint density at radius 1 is 1.21 bits per heavy atom. The Hall–Kier alpha value is -1.98. The van der Waals surface area contributed by atoms with E-state index in [1.165, 1.54) is 5.56 Å².